The molecule has 2 aromatic carbocycles. The molecule has 0 saturated heterocycles. The summed E-state index contributed by atoms with van der Waals surface area (Å²) in [7, 11) is 0. The second kappa shape index (κ2) is 8.70. The molecule has 3 nitrogen and oxygen atoms in total. The second-order valence-corrected chi connectivity index (χ2v) is 9.07. The van der Waals surface area contributed by atoms with E-state index in [-0.39, 0.29) is 5.91 Å². The predicted octanol–water partition coefficient (Wildman–Crippen LogP) is 6.01. The van der Waals surface area contributed by atoms with E-state index < -0.39 is 0 Å². The fourth-order valence-corrected chi connectivity index (χ4v) is 4.37. The Hall–Kier alpha value is -0.830. The molecule has 25 heavy (non-hydrogen) atoms. The van der Waals surface area contributed by atoms with E-state index in [1.807, 2.05) is 18.2 Å². The minimum absolute atomic E-state index is 0.0241. The molecule has 0 radical (unpaired) electrons. The smallest absolute Gasteiger partial charge is 0.253 e. The van der Waals surface area contributed by atoms with E-state index in [1.54, 1.807) is 0 Å². The number of aryl methyl sites for hydroxylation is 1. The summed E-state index contributed by atoms with van der Waals surface area (Å²) in [4.78, 5) is 12.9. The molecule has 1 aliphatic carbocycles. The summed E-state index contributed by atoms with van der Waals surface area (Å²) in [6.45, 7) is 2.08. The lowest BCUT2D eigenvalue weighted by Crippen LogP contribution is -2.36. The third kappa shape index (κ3) is 5.09. The summed E-state index contributed by atoms with van der Waals surface area (Å²) < 4.78 is 2.27. The Morgan fingerprint density at radius 2 is 1.60 bits per heavy atom. The summed E-state index contributed by atoms with van der Waals surface area (Å²) in [6.07, 6.45) is 5.90. The number of anilines is 2. The molecule has 1 fully saturated rings. The van der Waals surface area contributed by atoms with Crippen LogP contribution in [0.15, 0.2) is 36.4 Å². The van der Waals surface area contributed by atoms with Gasteiger partial charge in [-0.2, -0.15) is 0 Å². The van der Waals surface area contributed by atoms with Gasteiger partial charge in [0.25, 0.3) is 5.91 Å². The number of rotatable bonds is 4. The summed E-state index contributed by atoms with van der Waals surface area (Å²) in [5.41, 5.74) is 3.78. The molecule has 0 aromatic heterocycles. The molecule has 2 aromatic rings. The van der Waals surface area contributed by atoms with Crippen LogP contribution >= 0.6 is 45.2 Å². The second-order valence-electron chi connectivity index (χ2n) is 6.58. The molecule has 3 rings (SSSR count). The number of halogens is 2. The molecule has 1 aliphatic rings. The number of benzene rings is 2. The third-order valence-corrected chi connectivity index (χ3v) is 5.97. The zero-order valence-corrected chi connectivity index (χ0v) is 18.6. The van der Waals surface area contributed by atoms with Crippen LogP contribution in [0.1, 0.15) is 48.0 Å². The summed E-state index contributed by atoms with van der Waals surface area (Å²) in [6, 6.07) is 12.6. The summed E-state index contributed by atoms with van der Waals surface area (Å²) in [5, 5.41) is 6.67. The van der Waals surface area contributed by atoms with Gasteiger partial charge in [-0.1, -0.05) is 19.3 Å². The van der Waals surface area contributed by atoms with Gasteiger partial charge in [0.1, 0.15) is 0 Å². The standard InChI is InChI=1S/C20H22I2N2O/c1-13-11-14(21)7-9-18(13)24-19-10-8-15(22)12-17(19)20(25)23-16-5-3-2-4-6-16/h7-12,16,24H,2-6H2,1H3,(H,23,25). The highest BCUT2D eigenvalue weighted by Gasteiger charge is 2.19. The lowest BCUT2D eigenvalue weighted by Gasteiger charge is -2.23. The Morgan fingerprint density at radius 1 is 0.960 bits per heavy atom. The van der Waals surface area contributed by atoms with Gasteiger partial charge in [-0.3, -0.25) is 4.79 Å². The van der Waals surface area contributed by atoms with Crippen LogP contribution in [0, 0.1) is 14.1 Å². The monoisotopic (exact) mass is 560 g/mol. The lowest BCUT2D eigenvalue weighted by molar-refractivity contribution is 0.0928. The van der Waals surface area contributed by atoms with Crippen molar-refractivity contribution in [2.75, 3.05) is 5.32 Å². The Labute approximate surface area is 176 Å². The van der Waals surface area contributed by atoms with E-state index in [4.69, 9.17) is 0 Å². The van der Waals surface area contributed by atoms with E-state index in [9.17, 15) is 4.79 Å². The van der Waals surface area contributed by atoms with Crippen LogP contribution in [0.25, 0.3) is 0 Å². The average Bonchev–Trinajstić information content (AvgIpc) is 2.59. The highest BCUT2D eigenvalue weighted by Crippen LogP contribution is 2.27. The largest absolute Gasteiger partial charge is 0.355 e. The average molecular weight is 560 g/mol. The molecule has 0 aliphatic heterocycles. The first-order chi connectivity index (χ1) is 12.0. The van der Waals surface area contributed by atoms with Gasteiger partial charge in [-0.25, -0.2) is 0 Å². The molecule has 0 atom stereocenters. The van der Waals surface area contributed by atoms with Crippen molar-refractivity contribution < 1.29 is 4.79 Å². The molecule has 0 bridgehead atoms. The first-order valence-electron chi connectivity index (χ1n) is 8.66. The van der Waals surface area contributed by atoms with Crippen LogP contribution < -0.4 is 10.6 Å². The zero-order chi connectivity index (χ0) is 17.8. The van der Waals surface area contributed by atoms with E-state index in [0.717, 1.165) is 33.4 Å². The van der Waals surface area contributed by atoms with Crippen LogP contribution in [-0.4, -0.2) is 11.9 Å². The van der Waals surface area contributed by atoms with Crippen molar-refractivity contribution in [2.45, 2.75) is 45.1 Å². The van der Waals surface area contributed by atoms with E-state index in [2.05, 4.69) is 80.9 Å². The number of nitrogens with one attached hydrogen (secondary N) is 2. The molecule has 0 spiro atoms. The van der Waals surface area contributed by atoms with Crippen molar-refractivity contribution in [2.24, 2.45) is 0 Å². The maximum atomic E-state index is 12.9. The molecule has 1 amide bonds. The molecule has 1 saturated carbocycles. The van der Waals surface area contributed by atoms with Gasteiger partial charge < -0.3 is 10.6 Å². The summed E-state index contributed by atoms with van der Waals surface area (Å²) in [5.74, 6) is 0.0241. The van der Waals surface area contributed by atoms with Gasteiger partial charge in [-0.15, -0.1) is 0 Å². The van der Waals surface area contributed by atoms with E-state index >= 15 is 0 Å². The van der Waals surface area contributed by atoms with Crippen LogP contribution in [0.4, 0.5) is 11.4 Å². The van der Waals surface area contributed by atoms with Gasteiger partial charge in [-0.05, 0) is 107 Å². The molecule has 5 heteroatoms. The topological polar surface area (TPSA) is 41.1 Å². The minimum atomic E-state index is 0.0241. The van der Waals surface area contributed by atoms with Crippen LogP contribution in [0.3, 0.4) is 0 Å². The van der Waals surface area contributed by atoms with Crippen LogP contribution in [0.2, 0.25) is 0 Å². The van der Waals surface area contributed by atoms with Gasteiger partial charge in [0.2, 0.25) is 0 Å². The zero-order valence-electron chi connectivity index (χ0n) is 14.2. The lowest BCUT2D eigenvalue weighted by atomic mass is 9.95. The van der Waals surface area contributed by atoms with Crippen LogP contribution in [-0.2, 0) is 0 Å². The molecule has 2 N–H and O–H groups in total. The van der Waals surface area contributed by atoms with Gasteiger partial charge >= 0.3 is 0 Å². The molecular weight excluding hydrogens is 538 g/mol. The number of hydrogen-bond acceptors (Lipinski definition) is 2. The van der Waals surface area contributed by atoms with Gasteiger partial charge in [0, 0.05) is 18.9 Å². The van der Waals surface area contributed by atoms with Crippen molar-refractivity contribution >= 4 is 62.5 Å². The molecule has 0 unspecified atom stereocenters. The fraction of sp³-hybridized carbons (Fsp3) is 0.350. The van der Waals surface area contributed by atoms with Crippen molar-refractivity contribution in [1.82, 2.24) is 5.32 Å². The fourth-order valence-electron chi connectivity index (χ4n) is 3.24. The number of hydrogen-bond donors (Lipinski definition) is 2. The summed E-state index contributed by atoms with van der Waals surface area (Å²) >= 11 is 4.57. The predicted molar refractivity (Wildman–Crippen MR) is 121 cm³/mol. The minimum Gasteiger partial charge on any atom is -0.355 e. The number of carbonyl (C=O) groups is 1. The highest BCUT2D eigenvalue weighted by molar-refractivity contribution is 14.1. The van der Waals surface area contributed by atoms with Gasteiger partial charge in [0.05, 0.1) is 11.3 Å². The van der Waals surface area contributed by atoms with Crippen molar-refractivity contribution in [3.8, 4) is 0 Å². The first kappa shape index (κ1) is 18.9. The Bertz CT molecular complexity index is 770. The third-order valence-electron chi connectivity index (χ3n) is 4.62. The number of amides is 1. The quantitative estimate of drug-likeness (QED) is 0.450. The normalized spacial score (nSPS) is 15.0. The first-order valence-corrected chi connectivity index (χ1v) is 10.8. The highest BCUT2D eigenvalue weighted by atomic mass is 127. The Morgan fingerprint density at radius 3 is 2.28 bits per heavy atom. The van der Waals surface area contributed by atoms with Crippen molar-refractivity contribution in [3.05, 3.63) is 54.7 Å². The Balaban J connectivity index is 1.83. The maximum Gasteiger partial charge on any atom is 0.253 e. The van der Waals surface area contributed by atoms with Crippen LogP contribution in [0.5, 0.6) is 0 Å². The van der Waals surface area contributed by atoms with Crippen molar-refractivity contribution in [1.29, 1.82) is 0 Å². The van der Waals surface area contributed by atoms with E-state index in [0.29, 0.717) is 6.04 Å². The molecular formula is C20H22I2N2O. The molecule has 132 valence electrons. The SMILES string of the molecule is Cc1cc(I)ccc1Nc1ccc(I)cc1C(=O)NC1CCCCC1. The molecule has 0 heterocycles. The van der Waals surface area contributed by atoms with Gasteiger partial charge in [0.15, 0.2) is 0 Å². The Kier molecular flexibility index (Phi) is 6.60. The number of carbonyl (C=O) groups excluding carboxylic acids is 1. The maximum absolute atomic E-state index is 12.9. The van der Waals surface area contributed by atoms with Crippen molar-refractivity contribution in [3.63, 3.8) is 0 Å². The van der Waals surface area contributed by atoms with E-state index in [1.165, 1.54) is 28.4 Å².